The largest absolute Gasteiger partial charge is 0.415 e. The monoisotopic (exact) mass is 478 g/mol. The molecule has 4 rings (SSSR count). The Hall–Kier alpha value is -3.07. The molecule has 2 amide bonds. The predicted octanol–water partition coefficient (Wildman–Crippen LogP) is 6.25. The molecule has 1 aliphatic heterocycles. The Bertz CT molecular complexity index is 1150. The molecule has 2 heterocycles. The lowest BCUT2D eigenvalue weighted by molar-refractivity contribution is 0.116. The second kappa shape index (κ2) is 9.82. The first-order valence-electron chi connectivity index (χ1n) is 10.6. The zero-order valence-corrected chi connectivity index (χ0v) is 18.7. The number of likely N-dealkylation sites (tertiary alicyclic amines) is 1. The zero-order chi connectivity index (χ0) is 23.5. The molecule has 0 radical (unpaired) electrons. The van der Waals surface area contributed by atoms with Crippen molar-refractivity contribution in [3.05, 3.63) is 64.3 Å². The van der Waals surface area contributed by atoms with Gasteiger partial charge < -0.3 is 9.32 Å². The average Bonchev–Trinajstić information content (AvgIpc) is 3.50. The fourth-order valence-electron chi connectivity index (χ4n) is 3.76. The third kappa shape index (κ3) is 4.98. The Balaban J connectivity index is 1.63. The van der Waals surface area contributed by atoms with Gasteiger partial charge in [-0.1, -0.05) is 30.7 Å². The molecular formula is C23H22ClF3N4O2. The summed E-state index contributed by atoms with van der Waals surface area (Å²) in [4.78, 5) is 16.5. The molecule has 2 aromatic carbocycles. The van der Waals surface area contributed by atoms with E-state index in [0.29, 0.717) is 23.8 Å². The van der Waals surface area contributed by atoms with Crippen molar-refractivity contribution >= 4 is 23.3 Å². The lowest BCUT2D eigenvalue weighted by Gasteiger charge is -2.28. The summed E-state index contributed by atoms with van der Waals surface area (Å²) in [6.45, 7) is 3.23. The van der Waals surface area contributed by atoms with Crippen molar-refractivity contribution < 1.29 is 22.4 Å². The van der Waals surface area contributed by atoms with Gasteiger partial charge in [-0.3, -0.25) is 4.90 Å². The average molecular weight is 479 g/mol. The lowest BCUT2D eigenvalue weighted by atomic mass is 10.1. The van der Waals surface area contributed by atoms with Gasteiger partial charge >= 0.3 is 12.5 Å². The van der Waals surface area contributed by atoms with Crippen LogP contribution >= 0.6 is 11.6 Å². The van der Waals surface area contributed by atoms with Crippen molar-refractivity contribution in [3.8, 4) is 11.5 Å². The molecule has 1 aliphatic rings. The Morgan fingerprint density at radius 1 is 1.15 bits per heavy atom. The number of nitrogens with zero attached hydrogens (tertiary/aromatic N) is 4. The minimum atomic E-state index is -2.91. The summed E-state index contributed by atoms with van der Waals surface area (Å²) in [6, 6.07) is 9.24. The molecule has 0 saturated carbocycles. The van der Waals surface area contributed by atoms with Crippen LogP contribution in [0.4, 0.5) is 23.7 Å². The van der Waals surface area contributed by atoms with E-state index in [2.05, 4.69) is 10.2 Å². The van der Waals surface area contributed by atoms with Crippen LogP contribution < -0.4 is 4.90 Å². The molecule has 0 atom stereocenters. The summed E-state index contributed by atoms with van der Waals surface area (Å²) in [7, 11) is 0. The highest BCUT2D eigenvalue weighted by Crippen LogP contribution is 2.29. The Morgan fingerprint density at radius 2 is 1.88 bits per heavy atom. The molecular weight excluding hydrogens is 457 g/mol. The Morgan fingerprint density at radius 3 is 2.48 bits per heavy atom. The van der Waals surface area contributed by atoms with Gasteiger partial charge in [0, 0.05) is 34.9 Å². The van der Waals surface area contributed by atoms with Gasteiger partial charge in [-0.15, -0.1) is 10.2 Å². The van der Waals surface area contributed by atoms with Gasteiger partial charge in [-0.25, -0.2) is 9.18 Å². The third-order valence-corrected chi connectivity index (χ3v) is 5.94. The van der Waals surface area contributed by atoms with Crippen LogP contribution in [-0.4, -0.2) is 34.2 Å². The van der Waals surface area contributed by atoms with Gasteiger partial charge in [-0.2, -0.15) is 8.78 Å². The predicted molar refractivity (Wildman–Crippen MR) is 118 cm³/mol. The number of aromatic nitrogens is 2. The first-order chi connectivity index (χ1) is 15.9. The molecule has 33 heavy (non-hydrogen) atoms. The standard InChI is InChI=1S/C23H22ClF3N4O2/c1-2-14-7-8-17(12-18(14)24)31(23(32)30-9-3-4-10-30)13-16-6-5-15(11-19(16)25)21-28-29-22(33-21)20(26)27/h5-8,11-12,20H,2-4,9-10,13H2,1H3. The number of anilines is 1. The molecule has 6 nitrogen and oxygen atoms in total. The maximum absolute atomic E-state index is 15.0. The number of aryl methyl sites for hydroxylation is 1. The van der Waals surface area contributed by atoms with Crippen LogP contribution in [0.15, 0.2) is 40.8 Å². The number of hydrogen-bond donors (Lipinski definition) is 0. The summed E-state index contributed by atoms with van der Waals surface area (Å²) >= 11 is 6.38. The number of benzene rings is 2. The van der Waals surface area contributed by atoms with E-state index in [1.807, 2.05) is 13.0 Å². The van der Waals surface area contributed by atoms with E-state index in [4.69, 9.17) is 16.0 Å². The first-order valence-corrected chi connectivity index (χ1v) is 11.0. The highest BCUT2D eigenvalue weighted by molar-refractivity contribution is 6.31. The van der Waals surface area contributed by atoms with Crippen LogP contribution in [0, 0.1) is 5.82 Å². The van der Waals surface area contributed by atoms with Crippen LogP contribution in [-0.2, 0) is 13.0 Å². The fourth-order valence-corrected chi connectivity index (χ4v) is 4.07. The topological polar surface area (TPSA) is 62.5 Å². The molecule has 0 bridgehead atoms. The summed E-state index contributed by atoms with van der Waals surface area (Å²) in [5.41, 5.74) is 1.93. The molecule has 0 N–H and O–H groups in total. The molecule has 1 saturated heterocycles. The highest BCUT2D eigenvalue weighted by atomic mass is 35.5. The van der Waals surface area contributed by atoms with Gasteiger partial charge in [0.25, 0.3) is 5.89 Å². The second-order valence-electron chi connectivity index (χ2n) is 7.74. The number of hydrogen-bond acceptors (Lipinski definition) is 4. The van der Waals surface area contributed by atoms with Crippen LogP contribution in [0.5, 0.6) is 0 Å². The number of halogens is 4. The van der Waals surface area contributed by atoms with Gasteiger partial charge in [0.2, 0.25) is 5.89 Å². The SMILES string of the molecule is CCc1ccc(N(Cc2ccc(-c3nnc(C(F)F)o3)cc2F)C(=O)N2CCCC2)cc1Cl. The van der Waals surface area contributed by atoms with Crippen LogP contribution in [0.1, 0.15) is 43.2 Å². The normalized spacial score (nSPS) is 13.7. The molecule has 0 unspecified atom stereocenters. The minimum Gasteiger partial charge on any atom is -0.415 e. The van der Waals surface area contributed by atoms with E-state index in [9.17, 15) is 13.6 Å². The first kappa shape index (κ1) is 23.1. The highest BCUT2D eigenvalue weighted by Gasteiger charge is 2.26. The van der Waals surface area contributed by atoms with Crippen molar-refractivity contribution in [1.82, 2.24) is 15.1 Å². The third-order valence-electron chi connectivity index (χ3n) is 5.59. The van der Waals surface area contributed by atoms with Gasteiger partial charge in [-0.05, 0) is 49.1 Å². The second-order valence-corrected chi connectivity index (χ2v) is 8.15. The number of urea groups is 1. The molecule has 3 aromatic rings. The van der Waals surface area contributed by atoms with E-state index >= 15 is 4.39 Å². The lowest BCUT2D eigenvalue weighted by Crippen LogP contribution is -2.41. The quantitative estimate of drug-likeness (QED) is 0.420. The van der Waals surface area contributed by atoms with E-state index in [1.165, 1.54) is 17.0 Å². The van der Waals surface area contributed by atoms with Crippen molar-refractivity contribution in [2.45, 2.75) is 39.2 Å². The van der Waals surface area contributed by atoms with Crippen LogP contribution in [0.25, 0.3) is 11.5 Å². The van der Waals surface area contributed by atoms with E-state index in [-0.39, 0.29) is 29.6 Å². The number of amides is 2. The number of carbonyl (C=O) groups is 1. The number of rotatable bonds is 6. The molecule has 0 spiro atoms. The summed E-state index contributed by atoms with van der Waals surface area (Å²) in [5, 5.41) is 7.34. The molecule has 174 valence electrons. The fraction of sp³-hybridized carbons (Fsp3) is 0.348. The molecule has 1 aromatic heterocycles. The van der Waals surface area contributed by atoms with Crippen molar-refractivity contribution in [1.29, 1.82) is 0 Å². The smallest absolute Gasteiger partial charge is 0.324 e. The van der Waals surface area contributed by atoms with E-state index < -0.39 is 18.1 Å². The Kier molecular flexibility index (Phi) is 6.88. The van der Waals surface area contributed by atoms with Gasteiger partial charge in [0.05, 0.1) is 6.54 Å². The van der Waals surface area contributed by atoms with Crippen molar-refractivity contribution in [2.24, 2.45) is 0 Å². The maximum Gasteiger partial charge on any atom is 0.324 e. The van der Waals surface area contributed by atoms with Crippen LogP contribution in [0.3, 0.4) is 0 Å². The Labute approximate surface area is 194 Å². The molecule has 0 aliphatic carbocycles. The van der Waals surface area contributed by atoms with Crippen molar-refractivity contribution in [3.63, 3.8) is 0 Å². The summed E-state index contributed by atoms with van der Waals surface area (Å²) < 4.78 is 45.3. The van der Waals surface area contributed by atoms with Crippen LogP contribution in [0.2, 0.25) is 5.02 Å². The zero-order valence-electron chi connectivity index (χ0n) is 17.9. The van der Waals surface area contributed by atoms with Gasteiger partial charge in [0.15, 0.2) is 0 Å². The number of carbonyl (C=O) groups excluding carboxylic acids is 1. The van der Waals surface area contributed by atoms with Crippen molar-refractivity contribution in [2.75, 3.05) is 18.0 Å². The maximum atomic E-state index is 15.0. The summed E-state index contributed by atoms with van der Waals surface area (Å²) in [5.74, 6) is -1.66. The molecule has 1 fully saturated rings. The number of alkyl halides is 2. The van der Waals surface area contributed by atoms with Gasteiger partial charge in [0.1, 0.15) is 5.82 Å². The minimum absolute atomic E-state index is 0.0324. The molecule has 10 heteroatoms. The van der Waals surface area contributed by atoms with E-state index in [1.54, 1.807) is 17.0 Å². The van der Waals surface area contributed by atoms with E-state index in [0.717, 1.165) is 30.9 Å². The summed E-state index contributed by atoms with van der Waals surface area (Å²) in [6.07, 6.45) is -0.323.